The molecular weight excluding hydrogens is 236 g/mol. The van der Waals surface area contributed by atoms with Gasteiger partial charge in [0, 0.05) is 6.42 Å². The molecule has 1 unspecified atom stereocenters. The van der Waals surface area contributed by atoms with Crippen molar-refractivity contribution < 1.29 is 9.84 Å². The summed E-state index contributed by atoms with van der Waals surface area (Å²) in [5.41, 5.74) is 2.42. The van der Waals surface area contributed by atoms with Crippen LogP contribution < -0.4 is 4.74 Å². The van der Waals surface area contributed by atoms with Gasteiger partial charge in [-0.25, -0.2) is 0 Å². The quantitative estimate of drug-likeness (QED) is 0.892. The number of methoxy groups -OCH3 is 1. The molecule has 2 rings (SSSR count). The number of aryl methyl sites for hydroxylation is 1. The fourth-order valence-electron chi connectivity index (χ4n) is 3.21. The molecule has 1 saturated carbocycles. The summed E-state index contributed by atoms with van der Waals surface area (Å²) in [5, 5.41) is 10.6. The zero-order chi connectivity index (χ0) is 13.9. The van der Waals surface area contributed by atoms with Crippen molar-refractivity contribution >= 4 is 0 Å². The summed E-state index contributed by atoms with van der Waals surface area (Å²) in [4.78, 5) is 0. The van der Waals surface area contributed by atoms with E-state index < -0.39 is 0 Å². The van der Waals surface area contributed by atoms with Crippen molar-refractivity contribution in [3.05, 3.63) is 29.3 Å². The van der Waals surface area contributed by atoms with Gasteiger partial charge in [-0.3, -0.25) is 0 Å². The van der Waals surface area contributed by atoms with E-state index in [4.69, 9.17) is 4.74 Å². The number of hydrogen-bond acceptors (Lipinski definition) is 2. The Hall–Kier alpha value is -1.02. The van der Waals surface area contributed by atoms with E-state index in [2.05, 4.69) is 26.0 Å². The smallest absolute Gasteiger partial charge is 0.122 e. The zero-order valence-corrected chi connectivity index (χ0v) is 12.4. The van der Waals surface area contributed by atoms with Crippen LogP contribution in [0.3, 0.4) is 0 Å². The lowest BCUT2D eigenvalue weighted by molar-refractivity contribution is 0.0101. The van der Waals surface area contributed by atoms with Crippen LogP contribution in [0.4, 0.5) is 0 Å². The largest absolute Gasteiger partial charge is 0.496 e. The van der Waals surface area contributed by atoms with Gasteiger partial charge in [0.1, 0.15) is 5.75 Å². The van der Waals surface area contributed by atoms with Crippen LogP contribution in [0.25, 0.3) is 0 Å². The molecule has 2 heteroatoms. The van der Waals surface area contributed by atoms with Crippen LogP contribution >= 0.6 is 0 Å². The number of benzene rings is 1. The minimum Gasteiger partial charge on any atom is -0.496 e. The molecule has 0 aliphatic heterocycles. The zero-order valence-electron chi connectivity index (χ0n) is 12.4. The first-order valence-corrected chi connectivity index (χ1v) is 7.37. The van der Waals surface area contributed by atoms with Crippen LogP contribution in [0.15, 0.2) is 18.2 Å². The van der Waals surface area contributed by atoms with Crippen molar-refractivity contribution in [1.82, 2.24) is 0 Å². The molecule has 0 aromatic heterocycles. The maximum absolute atomic E-state index is 10.6. The number of aliphatic hydroxyl groups excluding tert-OH is 1. The maximum atomic E-state index is 10.6. The molecule has 1 fully saturated rings. The van der Waals surface area contributed by atoms with Gasteiger partial charge in [0.15, 0.2) is 0 Å². The fourth-order valence-corrected chi connectivity index (χ4v) is 3.21. The summed E-state index contributed by atoms with van der Waals surface area (Å²) in [6.07, 6.45) is 6.52. The van der Waals surface area contributed by atoms with Gasteiger partial charge in [-0.2, -0.15) is 0 Å². The van der Waals surface area contributed by atoms with Crippen LogP contribution in [0.2, 0.25) is 0 Å². The molecule has 2 nitrogen and oxygen atoms in total. The summed E-state index contributed by atoms with van der Waals surface area (Å²) >= 11 is 0. The lowest BCUT2D eigenvalue weighted by Crippen LogP contribution is -2.36. The molecule has 19 heavy (non-hydrogen) atoms. The Morgan fingerprint density at radius 2 is 1.95 bits per heavy atom. The summed E-state index contributed by atoms with van der Waals surface area (Å²) in [5.74, 6) is 0.893. The molecule has 1 atom stereocenters. The molecule has 1 N–H and O–H groups in total. The first kappa shape index (κ1) is 14.4. The van der Waals surface area contributed by atoms with Crippen molar-refractivity contribution in [2.45, 2.75) is 58.5 Å². The van der Waals surface area contributed by atoms with E-state index in [1.807, 2.05) is 6.07 Å². The van der Waals surface area contributed by atoms with E-state index in [0.29, 0.717) is 6.42 Å². The van der Waals surface area contributed by atoms with Gasteiger partial charge in [-0.15, -0.1) is 0 Å². The van der Waals surface area contributed by atoms with Crippen molar-refractivity contribution in [2.24, 2.45) is 5.41 Å². The van der Waals surface area contributed by atoms with Gasteiger partial charge in [-0.05, 0) is 36.8 Å². The highest BCUT2D eigenvalue weighted by atomic mass is 16.5. The predicted molar refractivity (Wildman–Crippen MR) is 78.6 cm³/mol. The summed E-state index contributed by atoms with van der Waals surface area (Å²) in [6.45, 7) is 4.32. The third-order valence-corrected chi connectivity index (χ3v) is 4.65. The third kappa shape index (κ3) is 3.30. The molecule has 1 aliphatic carbocycles. The van der Waals surface area contributed by atoms with Crippen molar-refractivity contribution in [1.29, 1.82) is 0 Å². The topological polar surface area (TPSA) is 29.5 Å². The maximum Gasteiger partial charge on any atom is 0.122 e. The SMILES string of the molecule is COc1ccc(C)cc1CC(O)C1(C)CCCCC1. The molecule has 0 radical (unpaired) electrons. The third-order valence-electron chi connectivity index (χ3n) is 4.65. The Bertz CT molecular complexity index is 419. The average Bonchev–Trinajstić information content (AvgIpc) is 2.40. The van der Waals surface area contributed by atoms with Crippen LogP contribution in [-0.2, 0) is 6.42 Å². The van der Waals surface area contributed by atoms with E-state index in [9.17, 15) is 5.11 Å². The minimum absolute atomic E-state index is 0.0764. The molecule has 0 heterocycles. The standard InChI is InChI=1S/C17H26O2/c1-13-7-8-15(19-3)14(11-13)12-16(18)17(2)9-5-4-6-10-17/h7-8,11,16,18H,4-6,9-10,12H2,1-3H3. The first-order chi connectivity index (χ1) is 9.05. The Morgan fingerprint density at radius 3 is 2.58 bits per heavy atom. The van der Waals surface area contributed by atoms with Crippen molar-refractivity contribution in [3.63, 3.8) is 0 Å². The van der Waals surface area contributed by atoms with Crippen LogP contribution in [-0.4, -0.2) is 18.3 Å². The van der Waals surface area contributed by atoms with E-state index in [-0.39, 0.29) is 11.5 Å². The number of rotatable bonds is 4. The van der Waals surface area contributed by atoms with Crippen molar-refractivity contribution in [2.75, 3.05) is 7.11 Å². The van der Waals surface area contributed by atoms with Crippen molar-refractivity contribution in [3.8, 4) is 5.75 Å². The molecule has 0 bridgehead atoms. The Labute approximate surface area is 116 Å². The number of ether oxygens (including phenoxy) is 1. The molecule has 1 aromatic carbocycles. The molecule has 0 saturated heterocycles. The summed E-state index contributed by atoms with van der Waals surface area (Å²) in [7, 11) is 1.70. The van der Waals surface area contributed by atoms with Gasteiger partial charge in [-0.1, -0.05) is 43.9 Å². The second kappa shape index (κ2) is 5.96. The van der Waals surface area contributed by atoms with E-state index in [0.717, 1.165) is 24.2 Å². The van der Waals surface area contributed by atoms with Crippen LogP contribution in [0.1, 0.15) is 50.2 Å². The second-order valence-corrected chi connectivity index (χ2v) is 6.25. The number of hydrogen-bond donors (Lipinski definition) is 1. The van der Waals surface area contributed by atoms with E-state index in [1.54, 1.807) is 7.11 Å². The van der Waals surface area contributed by atoms with E-state index >= 15 is 0 Å². The van der Waals surface area contributed by atoms with Gasteiger partial charge in [0.05, 0.1) is 13.2 Å². The Morgan fingerprint density at radius 1 is 1.26 bits per heavy atom. The van der Waals surface area contributed by atoms with Gasteiger partial charge >= 0.3 is 0 Å². The molecule has 106 valence electrons. The number of aliphatic hydroxyl groups is 1. The first-order valence-electron chi connectivity index (χ1n) is 7.37. The van der Waals surface area contributed by atoms with Gasteiger partial charge < -0.3 is 9.84 Å². The normalized spacial score (nSPS) is 20.0. The summed E-state index contributed by atoms with van der Waals surface area (Å²) in [6, 6.07) is 6.19. The monoisotopic (exact) mass is 262 g/mol. The lowest BCUT2D eigenvalue weighted by atomic mass is 9.70. The van der Waals surface area contributed by atoms with Crippen LogP contribution in [0, 0.1) is 12.3 Å². The Kier molecular flexibility index (Phi) is 4.51. The highest BCUT2D eigenvalue weighted by molar-refractivity contribution is 5.37. The molecular formula is C17H26O2. The second-order valence-electron chi connectivity index (χ2n) is 6.25. The molecule has 0 spiro atoms. The Balaban J connectivity index is 2.13. The van der Waals surface area contributed by atoms with E-state index in [1.165, 1.54) is 24.8 Å². The molecule has 0 amide bonds. The highest BCUT2D eigenvalue weighted by Crippen LogP contribution is 2.40. The molecule has 1 aromatic rings. The predicted octanol–water partition coefficient (Wildman–Crippen LogP) is 3.88. The lowest BCUT2D eigenvalue weighted by Gasteiger charge is -2.38. The average molecular weight is 262 g/mol. The van der Waals surface area contributed by atoms with Crippen LogP contribution in [0.5, 0.6) is 5.75 Å². The van der Waals surface area contributed by atoms with Gasteiger partial charge in [0.2, 0.25) is 0 Å². The highest BCUT2D eigenvalue weighted by Gasteiger charge is 2.34. The molecule has 1 aliphatic rings. The fraction of sp³-hybridized carbons (Fsp3) is 0.647. The van der Waals surface area contributed by atoms with Gasteiger partial charge in [0.25, 0.3) is 0 Å². The summed E-state index contributed by atoms with van der Waals surface area (Å²) < 4.78 is 5.41. The minimum atomic E-state index is -0.275.